The predicted octanol–water partition coefficient (Wildman–Crippen LogP) is 3.81. The first-order chi connectivity index (χ1) is 9.35. The molecule has 2 unspecified atom stereocenters. The van der Waals surface area contributed by atoms with Gasteiger partial charge in [-0.05, 0) is 45.2 Å². The molecule has 2 atom stereocenters. The van der Waals surface area contributed by atoms with Crippen LogP contribution in [0.2, 0.25) is 0 Å². The third-order valence-corrected chi connectivity index (χ3v) is 5.50. The molecular formula is C17H34N2. The molecule has 0 amide bonds. The Morgan fingerprint density at radius 2 is 1.53 bits per heavy atom. The van der Waals surface area contributed by atoms with Gasteiger partial charge in [-0.1, -0.05) is 45.4 Å². The average Bonchev–Trinajstić information content (AvgIpc) is 2.70. The van der Waals surface area contributed by atoms with Gasteiger partial charge >= 0.3 is 0 Å². The van der Waals surface area contributed by atoms with Crippen LogP contribution in [0.15, 0.2) is 0 Å². The molecular weight excluding hydrogens is 232 g/mol. The maximum atomic E-state index is 3.60. The van der Waals surface area contributed by atoms with Crippen molar-refractivity contribution in [2.24, 2.45) is 5.92 Å². The van der Waals surface area contributed by atoms with Crippen LogP contribution >= 0.6 is 0 Å². The molecule has 0 aliphatic heterocycles. The molecule has 2 rings (SSSR count). The molecule has 0 saturated heterocycles. The average molecular weight is 266 g/mol. The Kier molecular flexibility index (Phi) is 6.66. The van der Waals surface area contributed by atoms with E-state index < -0.39 is 0 Å². The molecule has 0 aromatic rings. The van der Waals surface area contributed by atoms with Crippen molar-refractivity contribution in [3.05, 3.63) is 0 Å². The van der Waals surface area contributed by atoms with E-state index in [9.17, 15) is 0 Å². The van der Waals surface area contributed by atoms with Crippen molar-refractivity contribution in [1.29, 1.82) is 0 Å². The van der Waals surface area contributed by atoms with Crippen LogP contribution in [0.25, 0.3) is 0 Å². The predicted molar refractivity (Wildman–Crippen MR) is 83.5 cm³/mol. The highest BCUT2D eigenvalue weighted by atomic mass is 15.2. The van der Waals surface area contributed by atoms with E-state index in [1.165, 1.54) is 77.3 Å². The summed E-state index contributed by atoms with van der Waals surface area (Å²) in [6, 6.07) is 1.65. The summed E-state index contributed by atoms with van der Waals surface area (Å²) >= 11 is 0. The monoisotopic (exact) mass is 266 g/mol. The number of hydrogen-bond donors (Lipinski definition) is 1. The minimum Gasteiger partial charge on any atom is -0.317 e. The van der Waals surface area contributed by atoms with Crippen LogP contribution in [-0.2, 0) is 0 Å². The van der Waals surface area contributed by atoms with Crippen LogP contribution < -0.4 is 5.32 Å². The number of nitrogens with zero attached hydrogens (tertiary/aromatic N) is 1. The molecule has 0 bridgehead atoms. The van der Waals surface area contributed by atoms with Gasteiger partial charge in [0.15, 0.2) is 0 Å². The van der Waals surface area contributed by atoms with Gasteiger partial charge in [0.05, 0.1) is 0 Å². The highest BCUT2D eigenvalue weighted by Gasteiger charge is 2.27. The summed E-state index contributed by atoms with van der Waals surface area (Å²) in [4.78, 5) is 2.81. The fourth-order valence-corrected chi connectivity index (χ4v) is 4.27. The third-order valence-electron chi connectivity index (χ3n) is 5.50. The van der Waals surface area contributed by atoms with E-state index in [1.807, 2.05) is 0 Å². The molecule has 112 valence electrons. The molecule has 0 spiro atoms. The van der Waals surface area contributed by atoms with Gasteiger partial charge in [0, 0.05) is 18.6 Å². The van der Waals surface area contributed by atoms with Crippen LogP contribution in [0.3, 0.4) is 0 Å². The van der Waals surface area contributed by atoms with Crippen LogP contribution in [0.5, 0.6) is 0 Å². The van der Waals surface area contributed by atoms with Crippen molar-refractivity contribution in [3.8, 4) is 0 Å². The number of nitrogens with one attached hydrogen (secondary N) is 1. The summed E-state index contributed by atoms with van der Waals surface area (Å²) in [6.07, 6.45) is 14.4. The van der Waals surface area contributed by atoms with Crippen LogP contribution in [-0.4, -0.2) is 37.1 Å². The van der Waals surface area contributed by atoms with Crippen molar-refractivity contribution >= 4 is 0 Å². The van der Waals surface area contributed by atoms with Crippen molar-refractivity contribution < 1.29 is 0 Å². The Balaban J connectivity index is 1.90. The summed E-state index contributed by atoms with van der Waals surface area (Å²) in [7, 11) is 2.17. The zero-order chi connectivity index (χ0) is 13.5. The lowest BCUT2D eigenvalue weighted by atomic mass is 9.90. The zero-order valence-corrected chi connectivity index (χ0v) is 13.2. The summed E-state index contributed by atoms with van der Waals surface area (Å²) in [5, 5.41) is 3.60. The van der Waals surface area contributed by atoms with Gasteiger partial charge < -0.3 is 10.2 Å². The zero-order valence-electron chi connectivity index (χ0n) is 13.2. The molecule has 2 heteroatoms. The summed E-state index contributed by atoms with van der Waals surface area (Å²) in [6.45, 7) is 4.95. The van der Waals surface area contributed by atoms with Crippen LogP contribution in [0.1, 0.15) is 71.1 Å². The highest BCUT2D eigenvalue weighted by molar-refractivity contribution is 4.84. The lowest BCUT2D eigenvalue weighted by Gasteiger charge is -2.37. The third kappa shape index (κ3) is 4.46. The fourth-order valence-electron chi connectivity index (χ4n) is 4.27. The number of rotatable bonds is 5. The van der Waals surface area contributed by atoms with Gasteiger partial charge in [-0.2, -0.15) is 0 Å². The summed E-state index contributed by atoms with van der Waals surface area (Å²) in [5.41, 5.74) is 0. The van der Waals surface area contributed by atoms with Gasteiger partial charge in [-0.15, -0.1) is 0 Å². The normalized spacial score (nSPS) is 30.5. The van der Waals surface area contributed by atoms with E-state index in [1.54, 1.807) is 0 Å². The molecule has 0 heterocycles. The van der Waals surface area contributed by atoms with Crippen molar-refractivity contribution in [2.75, 3.05) is 20.1 Å². The maximum Gasteiger partial charge on any atom is 0.0104 e. The lowest BCUT2D eigenvalue weighted by molar-refractivity contribution is 0.125. The quantitative estimate of drug-likeness (QED) is 0.761. The lowest BCUT2D eigenvalue weighted by Crippen LogP contribution is -2.45. The Bertz CT molecular complexity index is 235. The van der Waals surface area contributed by atoms with E-state index >= 15 is 0 Å². The molecule has 0 aromatic carbocycles. The smallest absolute Gasteiger partial charge is 0.0104 e. The molecule has 2 saturated carbocycles. The Labute approximate surface area is 120 Å². The standard InChI is InChI=1S/C17H34N2/c1-3-19(16-11-7-5-8-12-16)14-15-10-6-4-9-13-17(15)18-2/h15-18H,3-14H2,1-2H3. The van der Waals surface area contributed by atoms with E-state index in [4.69, 9.17) is 0 Å². The molecule has 1 N–H and O–H groups in total. The van der Waals surface area contributed by atoms with Gasteiger partial charge in [-0.3, -0.25) is 0 Å². The van der Waals surface area contributed by atoms with Crippen molar-refractivity contribution in [1.82, 2.24) is 10.2 Å². The summed E-state index contributed by atoms with van der Waals surface area (Å²) in [5.74, 6) is 0.884. The molecule has 2 fully saturated rings. The van der Waals surface area contributed by atoms with Crippen molar-refractivity contribution in [3.63, 3.8) is 0 Å². The Morgan fingerprint density at radius 1 is 0.895 bits per heavy atom. The second kappa shape index (κ2) is 8.26. The van der Waals surface area contributed by atoms with E-state index in [0.29, 0.717) is 0 Å². The van der Waals surface area contributed by atoms with Crippen LogP contribution in [0, 0.1) is 5.92 Å². The molecule has 19 heavy (non-hydrogen) atoms. The van der Waals surface area contributed by atoms with Gasteiger partial charge in [0.2, 0.25) is 0 Å². The topological polar surface area (TPSA) is 15.3 Å². The largest absolute Gasteiger partial charge is 0.317 e. The SMILES string of the molecule is CCN(CC1CCCCCC1NC)C1CCCCC1. The van der Waals surface area contributed by atoms with E-state index in [-0.39, 0.29) is 0 Å². The highest BCUT2D eigenvalue weighted by Crippen LogP contribution is 2.28. The molecule has 0 radical (unpaired) electrons. The van der Waals surface area contributed by atoms with Gasteiger partial charge in [-0.25, -0.2) is 0 Å². The first-order valence-corrected chi connectivity index (χ1v) is 8.76. The molecule has 0 aromatic heterocycles. The summed E-state index contributed by atoms with van der Waals surface area (Å²) < 4.78 is 0. The van der Waals surface area contributed by atoms with Crippen molar-refractivity contribution in [2.45, 2.75) is 83.2 Å². The first kappa shape index (κ1) is 15.3. The Morgan fingerprint density at radius 3 is 2.16 bits per heavy atom. The number of hydrogen-bond acceptors (Lipinski definition) is 2. The second-order valence-electron chi connectivity index (χ2n) is 6.67. The minimum atomic E-state index is 0.764. The molecule has 2 aliphatic carbocycles. The Hall–Kier alpha value is -0.0800. The second-order valence-corrected chi connectivity index (χ2v) is 6.67. The van der Waals surface area contributed by atoms with E-state index in [2.05, 4.69) is 24.2 Å². The fraction of sp³-hybridized carbons (Fsp3) is 1.00. The maximum absolute atomic E-state index is 3.60. The van der Waals surface area contributed by atoms with Gasteiger partial charge in [0.1, 0.15) is 0 Å². The van der Waals surface area contributed by atoms with Gasteiger partial charge in [0.25, 0.3) is 0 Å². The molecule has 2 aliphatic rings. The first-order valence-electron chi connectivity index (χ1n) is 8.76. The van der Waals surface area contributed by atoms with Crippen LogP contribution in [0.4, 0.5) is 0 Å². The molecule has 2 nitrogen and oxygen atoms in total. The minimum absolute atomic E-state index is 0.764. The van der Waals surface area contributed by atoms with E-state index in [0.717, 1.165) is 18.0 Å².